The molecule has 15 heavy (non-hydrogen) atoms. The van der Waals surface area contributed by atoms with Gasteiger partial charge in [-0.3, -0.25) is 0 Å². The summed E-state index contributed by atoms with van der Waals surface area (Å²) in [7, 11) is 0. The average molecular weight is 387 g/mol. The Morgan fingerprint density at radius 2 is 0.867 bits per heavy atom. The number of hydrogen-bond donors (Lipinski definition) is 0. The van der Waals surface area contributed by atoms with E-state index < -0.39 is 0 Å². The third-order valence-corrected chi connectivity index (χ3v) is 2.26. The predicted octanol–water partition coefficient (Wildman–Crippen LogP) is 4.78. The van der Waals surface area contributed by atoms with Gasteiger partial charge in [0.2, 0.25) is 0 Å². The van der Waals surface area contributed by atoms with Crippen LogP contribution >= 0.6 is 28.3 Å². The van der Waals surface area contributed by atoms with Crippen molar-refractivity contribution in [2.75, 3.05) is 26.2 Å². The van der Waals surface area contributed by atoms with Crippen LogP contribution in [0, 0.1) is 0 Å². The Labute approximate surface area is 114 Å². The van der Waals surface area contributed by atoms with Crippen molar-refractivity contribution in [2.45, 2.75) is 38.5 Å². The Hall–Kier alpha value is 1.39. The van der Waals surface area contributed by atoms with Crippen LogP contribution in [0.2, 0.25) is 0 Å². The molecule has 2 aliphatic rings. The first-order valence-electron chi connectivity index (χ1n) is 5.52. The molecule has 5 heteroatoms. The van der Waals surface area contributed by atoms with Gasteiger partial charge in [-0.05, 0) is 0 Å². The summed E-state index contributed by atoms with van der Waals surface area (Å²) >= 11 is 7.12. The number of halogens is 2. The predicted molar refractivity (Wildman–Crippen MR) is 71.7 cm³/mol. The third kappa shape index (κ3) is 15.4. The first-order valence-corrected chi connectivity index (χ1v) is 10.7. The topological polar surface area (TPSA) is 28.2 Å². The van der Waals surface area contributed by atoms with Gasteiger partial charge < -0.3 is 10.6 Å². The Morgan fingerprint density at radius 1 is 0.600 bits per heavy atom. The summed E-state index contributed by atoms with van der Waals surface area (Å²) in [5.74, 6) is 0. The zero-order valence-corrected chi connectivity index (χ0v) is 13.3. The van der Waals surface area contributed by atoms with Crippen LogP contribution in [0.4, 0.5) is 0 Å². The first kappa shape index (κ1) is 16.4. The number of rotatable bonds is 0. The molecule has 0 atom stereocenters. The normalized spacial score (nSPS) is 20.7. The molecule has 2 heterocycles. The van der Waals surface area contributed by atoms with E-state index in [-0.39, 0.29) is 0 Å². The number of hydrogen-bond acceptors (Lipinski definition) is 0. The Bertz CT molecular complexity index is 74.6. The van der Waals surface area contributed by atoms with E-state index in [1.165, 1.54) is 38.5 Å². The van der Waals surface area contributed by atoms with Crippen molar-refractivity contribution in [3.05, 3.63) is 10.6 Å². The van der Waals surface area contributed by atoms with Gasteiger partial charge in [-0.1, -0.05) is 38.5 Å². The van der Waals surface area contributed by atoms with Crippen molar-refractivity contribution in [3.8, 4) is 0 Å². The van der Waals surface area contributed by atoms with Crippen LogP contribution in [0.3, 0.4) is 0 Å². The van der Waals surface area contributed by atoms with Crippen LogP contribution in [-0.4, -0.2) is 26.2 Å². The van der Waals surface area contributed by atoms with Crippen LogP contribution in [0.25, 0.3) is 10.6 Å². The van der Waals surface area contributed by atoms with E-state index >= 15 is 0 Å². The van der Waals surface area contributed by atoms with E-state index in [0.29, 0.717) is 0 Å². The Morgan fingerprint density at radius 3 is 0.933 bits per heavy atom. The molecule has 2 fully saturated rings. The van der Waals surface area contributed by atoms with E-state index in [1.807, 2.05) is 0 Å². The van der Waals surface area contributed by atoms with Crippen molar-refractivity contribution < 1.29 is 11.1 Å². The van der Waals surface area contributed by atoms with Gasteiger partial charge in [0.05, 0.1) is 0 Å². The molecule has 0 bridgehead atoms. The van der Waals surface area contributed by atoms with Crippen molar-refractivity contribution >= 4 is 28.3 Å². The summed E-state index contributed by atoms with van der Waals surface area (Å²) in [5.41, 5.74) is 0. The van der Waals surface area contributed by atoms with Gasteiger partial charge in [-0.15, -0.1) is 26.2 Å². The molecule has 0 aromatic rings. The van der Waals surface area contributed by atoms with E-state index in [4.69, 9.17) is 0 Å². The van der Waals surface area contributed by atoms with Crippen LogP contribution in [-0.2, 0) is 11.1 Å². The molecule has 0 N–H and O–H groups in total. The van der Waals surface area contributed by atoms with Crippen LogP contribution in [0.5, 0.6) is 0 Å². The molecule has 2 aliphatic heterocycles. The standard InChI is InChI=1S/2C5H10N.2BrH.Co/c2*1-2-4-6-5-3-1;;;/h2*1-5H2;2*1H;/q2*-1;;;+2/p-2. The van der Waals surface area contributed by atoms with Gasteiger partial charge >= 0.3 is 39.5 Å². The Kier molecular flexibility index (Phi) is 16.8. The zero-order valence-electron chi connectivity index (χ0n) is 9.05. The minimum absolute atomic E-state index is 1.06. The molecule has 0 spiro atoms. The molecule has 0 saturated carbocycles. The van der Waals surface area contributed by atoms with Crippen molar-refractivity contribution in [2.24, 2.45) is 0 Å². The van der Waals surface area contributed by atoms with E-state index in [2.05, 4.69) is 39.0 Å². The molecule has 0 aromatic heterocycles. The molecule has 2 nitrogen and oxygen atoms in total. The third-order valence-electron chi connectivity index (χ3n) is 2.26. The van der Waals surface area contributed by atoms with Gasteiger partial charge in [0.25, 0.3) is 0 Å². The first-order chi connectivity index (χ1) is 7.41. The van der Waals surface area contributed by atoms with Gasteiger partial charge in [-0.2, -0.15) is 0 Å². The quantitative estimate of drug-likeness (QED) is 0.573. The maximum absolute atomic E-state index is 4.18. The van der Waals surface area contributed by atoms with Crippen molar-refractivity contribution in [1.82, 2.24) is 0 Å². The minimum atomic E-state index is 1.06. The van der Waals surface area contributed by atoms with Gasteiger partial charge in [-0.25, -0.2) is 0 Å². The summed E-state index contributed by atoms with van der Waals surface area (Å²) in [5, 5.41) is 8.35. The van der Waals surface area contributed by atoms with Crippen LogP contribution in [0.1, 0.15) is 38.5 Å². The van der Waals surface area contributed by atoms with E-state index in [0.717, 1.165) is 37.3 Å². The summed E-state index contributed by atoms with van der Waals surface area (Å²) in [6.45, 7) is 4.50. The SMILES string of the molecule is C1CC[N-]CC1.C1CC[N-]CC1.[Br][Co][Br]. The fourth-order valence-corrected chi connectivity index (χ4v) is 1.47. The van der Waals surface area contributed by atoms with Gasteiger partial charge in [0.15, 0.2) is 0 Å². The van der Waals surface area contributed by atoms with E-state index in [1.54, 1.807) is 0 Å². The molecule has 0 unspecified atom stereocenters. The molecule has 0 amide bonds. The van der Waals surface area contributed by atoms with E-state index in [9.17, 15) is 0 Å². The molecule has 0 aromatic carbocycles. The van der Waals surface area contributed by atoms with Crippen LogP contribution in [0.15, 0.2) is 0 Å². The average Bonchev–Trinajstić information content (AvgIpc) is 2.35. The molecule has 0 aliphatic carbocycles. The molecule has 0 radical (unpaired) electrons. The molecular formula is C10H20Br2CoN2-2. The number of nitrogens with zero attached hydrogens (tertiary/aromatic N) is 2. The molecule has 2 saturated heterocycles. The summed E-state index contributed by atoms with van der Waals surface area (Å²) in [6, 6.07) is 0. The summed E-state index contributed by atoms with van der Waals surface area (Å²) in [6.07, 6.45) is 8.15. The fraction of sp³-hybridized carbons (Fsp3) is 1.00. The monoisotopic (exact) mass is 385 g/mol. The summed E-state index contributed by atoms with van der Waals surface area (Å²) in [4.78, 5) is 0. The van der Waals surface area contributed by atoms with Crippen LogP contribution < -0.4 is 0 Å². The second-order valence-corrected chi connectivity index (χ2v) is 8.76. The zero-order chi connectivity index (χ0) is 11.2. The van der Waals surface area contributed by atoms with Crippen molar-refractivity contribution in [1.29, 1.82) is 0 Å². The summed E-state index contributed by atoms with van der Waals surface area (Å²) < 4.78 is 0. The maximum atomic E-state index is 4.18. The molecule has 2 rings (SSSR count). The van der Waals surface area contributed by atoms with Gasteiger partial charge in [0.1, 0.15) is 0 Å². The molecule has 95 valence electrons. The second kappa shape index (κ2) is 15.4. The Balaban J connectivity index is 0.000000210. The van der Waals surface area contributed by atoms with Crippen molar-refractivity contribution in [3.63, 3.8) is 0 Å². The second-order valence-electron chi connectivity index (χ2n) is 3.51. The molecular weight excluding hydrogens is 367 g/mol. The fourth-order valence-electron chi connectivity index (χ4n) is 1.47. The van der Waals surface area contributed by atoms with Gasteiger partial charge in [0, 0.05) is 0 Å². The number of piperidine rings is 2.